The van der Waals surface area contributed by atoms with E-state index in [1.807, 2.05) is 0 Å². The number of hydrogen-bond acceptors (Lipinski definition) is 8. The molecule has 0 aliphatic carbocycles. The molecule has 4 rings (SSSR count). The van der Waals surface area contributed by atoms with E-state index in [4.69, 9.17) is 27.9 Å². The Kier molecular flexibility index (Phi) is 7.22. The number of halogens is 3. The Morgan fingerprint density at radius 3 is 2.69 bits per heavy atom. The molecule has 0 aliphatic rings. The van der Waals surface area contributed by atoms with Crippen LogP contribution in [0.4, 0.5) is 15.2 Å². The zero-order valence-corrected chi connectivity index (χ0v) is 20.9. The van der Waals surface area contributed by atoms with Crippen molar-refractivity contribution in [2.24, 2.45) is 4.99 Å². The number of sulfonamides is 1. The van der Waals surface area contributed by atoms with Gasteiger partial charge in [0, 0.05) is 17.3 Å². The molecule has 0 fully saturated rings. The molecule has 2 aromatic heterocycles. The molecule has 0 saturated heterocycles. The average molecular weight is 553 g/mol. The van der Waals surface area contributed by atoms with Gasteiger partial charge in [-0.1, -0.05) is 46.7 Å². The van der Waals surface area contributed by atoms with Crippen LogP contribution in [0.3, 0.4) is 0 Å². The van der Waals surface area contributed by atoms with Gasteiger partial charge < -0.3 is 9.84 Å². The lowest BCUT2D eigenvalue weighted by Crippen LogP contribution is -2.14. The summed E-state index contributed by atoms with van der Waals surface area (Å²) in [6.07, 6.45) is 2.67. The number of anilines is 1. The number of rotatable bonds is 7. The number of phenolic OH excluding ortho intramolecular Hbond substituents is 1. The standard InChI is InChI=1S/C22H15Cl2FN4O4S2/c1-33-17-4-2-3-13(20(17)30)10-26-14-6-8-18(27-11-14)35(31,32)29-22-28-19(21(24)34-22)12-5-7-15(23)16(25)9-12/h2-11,30H,1H3,(H,28,29)/b26-10+. The fraction of sp³-hybridized carbons (Fsp3) is 0.0455. The van der Waals surface area contributed by atoms with Gasteiger partial charge in [-0.3, -0.25) is 9.71 Å². The second-order valence-corrected chi connectivity index (χ2v) is 10.5. The van der Waals surface area contributed by atoms with Crippen LogP contribution in [-0.4, -0.2) is 36.8 Å². The van der Waals surface area contributed by atoms with Crippen LogP contribution in [0, 0.1) is 5.82 Å². The monoisotopic (exact) mass is 552 g/mol. The Morgan fingerprint density at radius 2 is 2.00 bits per heavy atom. The van der Waals surface area contributed by atoms with E-state index in [2.05, 4.69) is 19.7 Å². The average Bonchev–Trinajstić information content (AvgIpc) is 3.19. The van der Waals surface area contributed by atoms with Gasteiger partial charge in [0.05, 0.1) is 24.0 Å². The number of ether oxygens (including phenoxy) is 1. The largest absolute Gasteiger partial charge is 0.504 e. The van der Waals surface area contributed by atoms with Crippen molar-refractivity contribution in [3.05, 3.63) is 75.5 Å². The first-order valence-electron chi connectivity index (χ1n) is 9.68. The summed E-state index contributed by atoms with van der Waals surface area (Å²) in [5.41, 5.74) is 1.33. The lowest BCUT2D eigenvalue weighted by molar-refractivity contribution is 0.373. The number of phenols is 1. The highest BCUT2D eigenvalue weighted by atomic mass is 35.5. The molecule has 0 spiro atoms. The van der Waals surface area contributed by atoms with Gasteiger partial charge in [-0.2, -0.15) is 8.42 Å². The van der Waals surface area contributed by atoms with Gasteiger partial charge in [0.1, 0.15) is 15.8 Å². The number of aromatic nitrogens is 2. The van der Waals surface area contributed by atoms with E-state index in [9.17, 15) is 17.9 Å². The first-order chi connectivity index (χ1) is 16.7. The van der Waals surface area contributed by atoms with Crippen molar-refractivity contribution < 1.29 is 22.7 Å². The number of aliphatic imine (C=N–C) groups is 1. The summed E-state index contributed by atoms with van der Waals surface area (Å²) in [7, 11) is -2.65. The number of thiazole rings is 1. The van der Waals surface area contributed by atoms with Crippen molar-refractivity contribution in [1.29, 1.82) is 0 Å². The summed E-state index contributed by atoms with van der Waals surface area (Å²) >= 11 is 12.8. The fourth-order valence-corrected chi connectivity index (χ4v) is 5.26. The highest BCUT2D eigenvalue weighted by Crippen LogP contribution is 2.37. The van der Waals surface area contributed by atoms with Crippen molar-refractivity contribution in [2.45, 2.75) is 5.03 Å². The first kappa shape index (κ1) is 24.9. The topological polar surface area (TPSA) is 114 Å². The lowest BCUT2D eigenvalue weighted by atomic mass is 10.2. The maximum absolute atomic E-state index is 13.8. The zero-order valence-electron chi connectivity index (χ0n) is 17.7. The summed E-state index contributed by atoms with van der Waals surface area (Å²) in [5, 5.41) is 9.78. The van der Waals surface area contributed by atoms with Gasteiger partial charge in [-0.25, -0.2) is 14.4 Å². The van der Waals surface area contributed by atoms with E-state index in [1.54, 1.807) is 18.2 Å². The number of pyridine rings is 1. The van der Waals surface area contributed by atoms with E-state index in [1.165, 1.54) is 43.8 Å². The van der Waals surface area contributed by atoms with Crippen molar-refractivity contribution in [3.63, 3.8) is 0 Å². The smallest absolute Gasteiger partial charge is 0.281 e. The minimum atomic E-state index is -4.09. The molecule has 0 bridgehead atoms. The summed E-state index contributed by atoms with van der Waals surface area (Å²) in [6.45, 7) is 0. The Bertz CT molecular complexity index is 1530. The Labute approximate surface area is 213 Å². The van der Waals surface area contributed by atoms with E-state index in [0.717, 1.165) is 17.4 Å². The minimum absolute atomic E-state index is 0.0160. The summed E-state index contributed by atoms with van der Waals surface area (Å²) in [4.78, 5) is 12.3. The lowest BCUT2D eigenvalue weighted by Gasteiger charge is -2.05. The van der Waals surface area contributed by atoms with Gasteiger partial charge in [0.2, 0.25) is 0 Å². The molecule has 8 nitrogen and oxygen atoms in total. The van der Waals surface area contributed by atoms with Crippen molar-refractivity contribution in [1.82, 2.24) is 9.97 Å². The number of hydrogen-bond donors (Lipinski definition) is 2. The third kappa shape index (κ3) is 5.54. The van der Waals surface area contributed by atoms with Crippen LogP contribution < -0.4 is 9.46 Å². The minimum Gasteiger partial charge on any atom is -0.504 e. The van der Waals surface area contributed by atoms with Gasteiger partial charge in [0.25, 0.3) is 10.0 Å². The molecule has 0 atom stereocenters. The summed E-state index contributed by atoms with van der Waals surface area (Å²) < 4.78 is 46.8. The Balaban J connectivity index is 1.51. The van der Waals surface area contributed by atoms with Crippen LogP contribution in [0.15, 0.2) is 64.7 Å². The molecule has 0 radical (unpaired) electrons. The van der Waals surface area contributed by atoms with Crippen LogP contribution in [0.1, 0.15) is 5.56 Å². The highest BCUT2D eigenvalue weighted by Gasteiger charge is 2.20. The van der Waals surface area contributed by atoms with E-state index in [-0.39, 0.29) is 31.0 Å². The molecule has 0 unspecified atom stereocenters. The van der Waals surface area contributed by atoms with Crippen molar-refractivity contribution >= 4 is 61.6 Å². The molecular weight excluding hydrogens is 538 g/mol. The van der Waals surface area contributed by atoms with E-state index >= 15 is 0 Å². The fourth-order valence-electron chi connectivity index (χ4n) is 2.89. The number of para-hydroxylation sites is 1. The van der Waals surface area contributed by atoms with Gasteiger partial charge in [-0.05, 0) is 36.4 Å². The highest BCUT2D eigenvalue weighted by molar-refractivity contribution is 7.92. The molecule has 2 aromatic carbocycles. The molecule has 2 heterocycles. The predicted molar refractivity (Wildman–Crippen MR) is 134 cm³/mol. The molecule has 13 heteroatoms. The van der Waals surface area contributed by atoms with Crippen LogP contribution in [-0.2, 0) is 10.0 Å². The maximum Gasteiger partial charge on any atom is 0.281 e. The summed E-state index contributed by atoms with van der Waals surface area (Å²) in [5.74, 6) is -0.423. The second-order valence-electron chi connectivity index (χ2n) is 6.89. The van der Waals surface area contributed by atoms with Gasteiger partial charge >= 0.3 is 0 Å². The van der Waals surface area contributed by atoms with Gasteiger partial charge in [0.15, 0.2) is 21.7 Å². The van der Waals surface area contributed by atoms with Crippen LogP contribution in [0.2, 0.25) is 9.36 Å². The van der Waals surface area contributed by atoms with Crippen LogP contribution in [0.5, 0.6) is 11.5 Å². The quantitative estimate of drug-likeness (QED) is 0.275. The normalized spacial score (nSPS) is 11.7. The Hall–Kier alpha value is -3.25. The third-order valence-corrected chi connectivity index (χ3v) is 7.46. The molecule has 2 N–H and O–H groups in total. The zero-order chi connectivity index (χ0) is 25.2. The van der Waals surface area contributed by atoms with Gasteiger partial charge in [-0.15, -0.1) is 0 Å². The van der Waals surface area contributed by atoms with E-state index < -0.39 is 15.8 Å². The van der Waals surface area contributed by atoms with Crippen molar-refractivity contribution in [2.75, 3.05) is 11.8 Å². The number of nitrogens with zero attached hydrogens (tertiary/aromatic N) is 3. The predicted octanol–water partition coefficient (Wildman–Crippen LogP) is 5.92. The molecular formula is C22H15Cl2FN4O4S2. The van der Waals surface area contributed by atoms with Crippen LogP contribution >= 0.6 is 34.5 Å². The SMILES string of the molecule is COc1cccc(/C=N/c2ccc(S(=O)(=O)Nc3nc(-c4ccc(Cl)c(F)c4)c(Cl)s3)nc2)c1O. The number of nitrogens with one attached hydrogen (secondary N) is 1. The first-order valence-corrected chi connectivity index (χ1v) is 12.7. The molecule has 35 heavy (non-hydrogen) atoms. The molecule has 180 valence electrons. The van der Waals surface area contributed by atoms with Crippen LogP contribution in [0.25, 0.3) is 11.3 Å². The second kappa shape index (κ2) is 10.2. The maximum atomic E-state index is 13.8. The molecule has 0 amide bonds. The number of benzene rings is 2. The number of methoxy groups -OCH3 is 1. The van der Waals surface area contributed by atoms with E-state index in [0.29, 0.717) is 22.6 Å². The number of aromatic hydroxyl groups is 1. The third-order valence-electron chi connectivity index (χ3n) is 4.60. The molecule has 4 aromatic rings. The molecule has 0 saturated carbocycles. The summed E-state index contributed by atoms with van der Waals surface area (Å²) in [6, 6.07) is 11.7. The van der Waals surface area contributed by atoms with Crippen molar-refractivity contribution in [3.8, 4) is 22.8 Å². The Morgan fingerprint density at radius 1 is 1.20 bits per heavy atom. The molecule has 0 aliphatic heterocycles.